The lowest BCUT2D eigenvalue weighted by atomic mass is 10.5. The molecule has 2 aromatic rings. The van der Waals surface area contributed by atoms with Crippen molar-refractivity contribution in [3.8, 4) is 0 Å². The number of nitrogens with one attached hydrogen (secondary N) is 1. The second kappa shape index (κ2) is 5.62. The van der Waals surface area contributed by atoms with Gasteiger partial charge in [-0.05, 0) is 6.07 Å². The zero-order chi connectivity index (χ0) is 10.7. The summed E-state index contributed by atoms with van der Waals surface area (Å²) >= 11 is 5.33. The molecule has 0 saturated heterocycles. The van der Waals surface area contributed by atoms with E-state index in [2.05, 4.69) is 20.4 Å². The van der Waals surface area contributed by atoms with Crippen molar-refractivity contribution in [1.82, 2.24) is 24.9 Å². The van der Waals surface area contributed by atoms with E-state index in [4.69, 9.17) is 11.6 Å². The number of rotatable bonds is 3. The van der Waals surface area contributed by atoms with Gasteiger partial charge in [0.25, 0.3) is 5.78 Å². The van der Waals surface area contributed by atoms with Crippen LogP contribution in [0.5, 0.6) is 0 Å². The minimum absolute atomic E-state index is 0. The van der Waals surface area contributed by atoms with Crippen LogP contribution in [0.4, 0.5) is 0 Å². The van der Waals surface area contributed by atoms with E-state index in [0.717, 1.165) is 0 Å². The van der Waals surface area contributed by atoms with Gasteiger partial charge in [0.1, 0.15) is 5.88 Å². The van der Waals surface area contributed by atoms with Crippen molar-refractivity contribution in [2.45, 2.75) is 6.54 Å². The fraction of sp³-hybridized carbons (Fsp3) is 0.250. The van der Waals surface area contributed by atoms with E-state index in [1.54, 1.807) is 23.0 Å². The predicted molar refractivity (Wildman–Crippen MR) is 60.6 cm³/mol. The van der Waals surface area contributed by atoms with Crippen LogP contribution in [0.1, 0.15) is 5.82 Å². The Bertz CT molecular complexity index is 453. The Kier molecular flexibility index (Phi) is 4.45. The molecule has 0 aliphatic rings. The van der Waals surface area contributed by atoms with Crippen LogP contribution in [0.3, 0.4) is 0 Å². The Morgan fingerprint density at radius 2 is 2.38 bits per heavy atom. The van der Waals surface area contributed by atoms with Crippen LogP contribution in [0, 0.1) is 0 Å². The van der Waals surface area contributed by atoms with E-state index in [0.29, 0.717) is 11.6 Å². The van der Waals surface area contributed by atoms with Crippen LogP contribution in [-0.2, 0) is 11.3 Å². The molecular weight excluding hydrogens is 253 g/mol. The minimum Gasteiger partial charge on any atom is -0.348 e. The smallest absolute Gasteiger partial charge is 0.252 e. The summed E-state index contributed by atoms with van der Waals surface area (Å²) in [7, 11) is 0. The maximum atomic E-state index is 10.9. The zero-order valence-electron chi connectivity index (χ0n) is 8.13. The summed E-state index contributed by atoms with van der Waals surface area (Å²) in [5.41, 5.74) is 0. The number of hydrogen-bond acceptors (Lipinski definition) is 4. The van der Waals surface area contributed by atoms with Gasteiger partial charge in [-0.15, -0.1) is 29.1 Å². The second-order valence-corrected chi connectivity index (χ2v) is 3.07. The molecule has 0 aliphatic heterocycles. The first-order valence-electron chi connectivity index (χ1n) is 4.28. The third-order valence-electron chi connectivity index (χ3n) is 1.73. The van der Waals surface area contributed by atoms with Gasteiger partial charge in [0.2, 0.25) is 5.91 Å². The lowest BCUT2D eigenvalue weighted by Gasteiger charge is -1.96. The SMILES string of the molecule is Cl.O=C(CCl)NCc1nc2ncccn2n1. The molecule has 2 aromatic heterocycles. The van der Waals surface area contributed by atoms with Crippen molar-refractivity contribution in [3.05, 3.63) is 24.3 Å². The van der Waals surface area contributed by atoms with Gasteiger partial charge in [0, 0.05) is 12.4 Å². The Morgan fingerprint density at radius 3 is 3.06 bits per heavy atom. The van der Waals surface area contributed by atoms with Crippen molar-refractivity contribution in [1.29, 1.82) is 0 Å². The number of carbonyl (C=O) groups is 1. The molecule has 0 unspecified atom stereocenters. The maximum absolute atomic E-state index is 10.9. The molecule has 8 heteroatoms. The highest BCUT2D eigenvalue weighted by atomic mass is 35.5. The molecule has 1 amide bonds. The number of alkyl halides is 1. The Morgan fingerprint density at radius 1 is 1.56 bits per heavy atom. The summed E-state index contributed by atoms with van der Waals surface area (Å²) in [4.78, 5) is 19.0. The van der Waals surface area contributed by atoms with Gasteiger partial charge < -0.3 is 5.32 Å². The van der Waals surface area contributed by atoms with Gasteiger partial charge >= 0.3 is 0 Å². The third kappa shape index (κ3) is 2.80. The molecule has 0 saturated carbocycles. The number of hydrogen-bond donors (Lipinski definition) is 1. The molecule has 2 rings (SSSR count). The number of carbonyl (C=O) groups excluding carboxylic acids is 1. The van der Waals surface area contributed by atoms with Gasteiger partial charge in [-0.1, -0.05) is 0 Å². The monoisotopic (exact) mass is 261 g/mol. The van der Waals surface area contributed by atoms with E-state index < -0.39 is 0 Å². The van der Waals surface area contributed by atoms with Gasteiger partial charge in [-0.3, -0.25) is 4.79 Å². The van der Waals surface area contributed by atoms with Crippen molar-refractivity contribution >= 4 is 35.7 Å². The van der Waals surface area contributed by atoms with E-state index in [-0.39, 0.29) is 30.7 Å². The number of aromatic nitrogens is 4. The van der Waals surface area contributed by atoms with Crippen LogP contribution in [0.2, 0.25) is 0 Å². The Balaban J connectivity index is 0.00000128. The van der Waals surface area contributed by atoms with Crippen molar-refractivity contribution in [3.63, 3.8) is 0 Å². The molecule has 0 spiro atoms. The largest absolute Gasteiger partial charge is 0.348 e. The number of fused-ring (bicyclic) bond motifs is 1. The molecule has 0 aliphatic carbocycles. The van der Waals surface area contributed by atoms with Crippen LogP contribution < -0.4 is 5.32 Å². The van der Waals surface area contributed by atoms with Crippen molar-refractivity contribution < 1.29 is 4.79 Å². The lowest BCUT2D eigenvalue weighted by molar-refractivity contribution is -0.118. The molecule has 1 N–H and O–H groups in total. The quantitative estimate of drug-likeness (QED) is 0.813. The summed E-state index contributed by atoms with van der Waals surface area (Å²) in [5.74, 6) is 0.703. The van der Waals surface area contributed by atoms with Gasteiger partial charge in [-0.25, -0.2) is 9.50 Å². The Labute approximate surface area is 102 Å². The summed E-state index contributed by atoms with van der Waals surface area (Å²) in [6, 6.07) is 1.75. The van der Waals surface area contributed by atoms with E-state index in [1.165, 1.54) is 0 Å². The average Bonchev–Trinajstić information content (AvgIpc) is 2.68. The summed E-state index contributed by atoms with van der Waals surface area (Å²) in [5, 5.41) is 6.68. The maximum Gasteiger partial charge on any atom is 0.252 e. The first-order valence-corrected chi connectivity index (χ1v) is 4.82. The molecule has 0 aromatic carbocycles. The molecule has 86 valence electrons. The molecule has 16 heavy (non-hydrogen) atoms. The van der Waals surface area contributed by atoms with Crippen molar-refractivity contribution in [2.24, 2.45) is 0 Å². The standard InChI is InChI=1S/C8H8ClN5O.ClH/c9-4-7(15)11-5-6-12-8-10-2-1-3-14(8)13-6;/h1-3H,4-5H2,(H,11,15);1H. The summed E-state index contributed by atoms with van der Waals surface area (Å²) < 4.78 is 1.54. The van der Waals surface area contributed by atoms with Crippen LogP contribution >= 0.6 is 24.0 Å². The first kappa shape index (κ1) is 12.7. The van der Waals surface area contributed by atoms with Crippen LogP contribution in [-0.4, -0.2) is 31.4 Å². The lowest BCUT2D eigenvalue weighted by Crippen LogP contribution is -2.24. The highest BCUT2D eigenvalue weighted by molar-refractivity contribution is 6.27. The second-order valence-electron chi connectivity index (χ2n) is 2.80. The molecule has 0 bridgehead atoms. The van der Waals surface area contributed by atoms with Gasteiger partial charge in [-0.2, -0.15) is 4.98 Å². The highest BCUT2D eigenvalue weighted by Crippen LogP contribution is 1.96. The first-order chi connectivity index (χ1) is 7.29. The van der Waals surface area contributed by atoms with Crippen molar-refractivity contribution in [2.75, 3.05) is 5.88 Å². The molecule has 2 heterocycles. The number of amides is 1. The summed E-state index contributed by atoms with van der Waals surface area (Å²) in [6.45, 7) is 0.259. The predicted octanol–water partition coefficient (Wildman–Crippen LogP) is 0.401. The van der Waals surface area contributed by atoms with E-state index in [1.807, 2.05) is 0 Å². The summed E-state index contributed by atoms with van der Waals surface area (Å²) in [6.07, 6.45) is 3.37. The van der Waals surface area contributed by atoms with E-state index >= 15 is 0 Å². The molecular formula is C8H9Cl2N5O. The number of nitrogens with zero attached hydrogens (tertiary/aromatic N) is 4. The van der Waals surface area contributed by atoms with Gasteiger partial charge in [0.05, 0.1) is 6.54 Å². The van der Waals surface area contributed by atoms with E-state index in [9.17, 15) is 4.79 Å². The molecule has 0 radical (unpaired) electrons. The Hall–Kier alpha value is -1.40. The average molecular weight is 262 g/mol. The highest BCUT2D eigenvalue weighted by Gasteiger charge is 2.04. The molecule has 6 nitrogen and oxygen atoms in total. The normalized spacial score (nSPS) is 9.81. The zero-order valence-corrected chi connectivity index (χ0v) is 9.70. The fourth-order valence-electron chi connectivity index (χ4n) is 1.08. The van der Waals surface area contributed by atoms with Crippen LogP contribution in [0.15, 0.2) is 18.5 Å². The van der Waals surface area contributed by atoms with Gasteiger partial charge in [0.15, 0.2) is 5.82 Å². The topological polar surface area (TPSA) is 72.2 Å². The number of halogens is 2. The molecule has 0 atom stereocenters. The molecule has 0 fully saturated rings. The minimum atomic E-state index is -0.247. The third-order valence-corrected chi connectivity index (χ3v) is 1.97. The van der Waals surface area contributed by atoms with Crippen LogP contribution in [0.25, 0.3) is 5.78 Å². The fourth-order valence-corrected chi connectivity index (χ4v) is 1.17.